The van der Waals surface area contributed by atoms with Gasteiger partial charge in [-0.3, -0.25) is 4.98 Å². The van der Waals surface area contributed by atoms with Gasteiger partial charge in [-0.05, 0) is 54.8 Å². The Labute approximate surface area is 200 Å². The monoisotopic (exact) mass is 446 g/mol. The summed E-state index contributed by atoms with van der Waals surface area (Å²) in [6.45, 7) is 6.58. The van der Waals surface area contributed by atoms with Crippen LogP contribution < -0.4 is 15.8 Å². The summed E-state index contributed by atoms with van der Waals surface area (Å²) in [6.07, 6.45) is 5.92. The van der Waals surface area contributed by atoms with E-state index in [2.05, 4.69) is 82.8 Å². The van der Waals surface area contributed by atoms with Crippen LogP contribution in [0.15, 0.2) is 73.2 Å². The lowest BCUT2D eigenvalue weighted by molar-refractivity contribution is 0.432. The minimum absolute atomic E-state index is 0.475. The summed E-state index contributed by atoms with van der Waals surface area (Å²) >= 11 is 0. The number of nitrogens with one attached hydrogen (secondary N) is 1. The van der Waals surface area contributed by atoms with Gasteiger partial charge in [0.1, 0.15) is 0 Å². The van der Waals surface area contributed by atoms with E-state index < -0.39 is 0 Å². The molecule has 0 saturated carbocycles. The van der Waals surface area contributed by atoms with Gasteiger partial charge in [-0.1, -0.05) is 30.3 Å². The van der Waals surface area contributed by atoms with E-state index in [1.165, 1.54) is 5.69 Å². The average Bonchev–Trinajstić information content (AvgIpc) is 3.27. The summed E-state index contributed by atoms with van der Waals surface area (Å²) in [5.74, 6) is 0. The van der Waals surface area contributed by atoms with Crippen LogP contribution in [0.25, 0.3) is 38.8 Å². The highest BCUT2D eigenvalue weighted by atomic mass is 15.2. The van der Waals surface area contributed by atoms with Gasteiger partial charge in [0.15, 0.2) is 13.5 Å². The Bertz CT molecular complexity index is 1480. The molecule has 1 aliphatic heterocycles. The molecule has 2 aromatic carbocycles. The van der Waals surface area contributed by atoms with E-state index in [9.17, 15) is 0 Å². The van der Waals surface area contributed by atoms with E-state index >= 15 is 0 Å². The lowest BCUT2D eigenvalue weighted by atomic mass is 9.95. The third-order valence-electron chi connectivity index (χ3n) is 6.82. The fourth-order valence-corrected chi connectivity index (χ4v) is 5.21. The molecule has 168 valence electrons. The number of hydrogen-bond donors (Lipinski definition) is 1. The zero-order valence-electron chi connectivity index (χ0n) is 19.7. The largest absolute Gasteiger partial charge is 0.364 e. The Morgan fingerprint density at radius 3 is 2.47 bits per heavy atom. The smallest absolute Gasteiger partial charge is 0.163 e. The van der Waals surface area contributed by atoms with Crippen molar-refractivity contribution in [2.75, 3.05) is 18.0 Å². The number of benzene rings is 2. The molecule has 0 radical (unpaired) electrons. The first-order valence-corrected chi connectivity index (χ1v) is 11.9. The molecule has 1 fully saturated rings. The van der Waals surface area contributed by atoms with E-state index in [1.54, 1.807) is 0 Å². The maximum absolute atomic E-state index is 4.83. The average molecular weight is 446 g/mol. The van der Waals surface area contributed by atoms with Crippen molar-refractivity contribution in [1.29, 1.82) is 0 Å². The van der Waals surface area contributed by atoms with Crippen molar-refractivity contribution >= 4 is 35.7 Å². The van der Waals surface area contributed by atoms with Crippen molar-refractivity contribution in [3.05, 3.63) is 73.2 Å². The molecule has 0 spiro atoms. The number of anilines is 1. The Balaban J connectivity index is 1.36. The van der Waals surface area contributed by atoms with Crippen molar-refractivity contribution in [2.24, 2.45) is 0 Å². The highest BCUT2D eigenvalue weighted by Crippen LogP contribution is 2.31. The van der Waals surface area contributed by atoms with E-state index in [0.29, 0.717) is 12.1 Å². The third kappa shape index (κ3) is 3.53. The summed E-state index contributed by atoms with van der Waals surface area (Å²) in [4.78, 5) is 12.0. The lowest BCUT2D eigenvalue weighted by Gasteiger charge is -2.41. The molecular formula is C27H27BN6. The predicted molar refractivity (Wildman–Crippen MR) is 142 cm³/mol. The predicted octanol–water partition coefficient (Wildman–Crippen LogP) is 3.06. The summed E-state index contributed by atoms with van der Waals surface area (Å²) in [5, 5.41) is 9.26. The molecule has 1 saturated heterocycles. The summed E-state index contributed by atoms with van der Waals surface area (Å²) < 4.78 is 1.88. The van der Waals surface area contributed by atoms with Gasteiger partial charge in [0, 0.05) is 59.8 Å². The first kappa shape index (κ1) is 20.9. The fourth-order valence-electron chi connectivity index (χ4n) is 5.21. The van der Waals surface area contributed by atoms with Crippen LogP contribution in [0, 0.1) is 0 Å². The number of aromatic nitrogens is 4. The second-order valence-corrected chi connectivity index (χ2v) is 9.31. The first-order valence-electron chi connectivity index (χ1n) is 11.9. The Morgan fingerprint density at radius 1 is 0.912 bits per heavy atom. The second-order valence-electron chi connectivity index (χ2n) is 9.31. The standard InChI is InChI=1S/C27H27BN6/c1-17-12-29-13-18(2)34(17)21-9-7-19(8-10-21)20-14-30-27-24(15-31-33(27)16-20)23-11-26(28)32-25-6-4-3-5-22(23)25/h3-11,14-18,29H,12-13,28H2,1-2H3/t17-,18+. The van der Waals surface area contributed by atoms with Crippen molar-refractivity contribution < 1.29 is 0 Å². The number of piperazine rings is 1. The molecule has 34 heavy (non-hydrogen) atoms. The second kappa shape index (κ2) is 8.26. The highest BCUT2D eigenvalue weighted by molar-refractivity contribution is 6.32. The Kier molecular flexibility index (Phi) is 5.07. The van der Waals surface area contributed by atoms with Gasteiger partial charge < -0.3 is 10.2 Å². The molecule has 6 nitrogen and oxygen atoms in total. The van der Waals surface area contributed by atoms with E-state index in [1.807, 2.05) is 36.9 Å². The van der Waals surface area contributed by atoms with Crippen molar-refractivity contribution in [3.8, 4) is 22.3 Å². The summed E-state index contributed by atoms with van der Waals surface area (Å²) in [6, 6.07) is 20.1. The molecule has 1 N–H and O–H groups in total. The van der Waals surface area contributed by atoms with Gasteiger partial charge in [-0.25, -0.2) is 9.50 Å². The van der Waals surface area contributed by atoms with Crippen LogP contribution in [0.5, 0.6) is 0 Å². The molecule has 2 atom stereocenters. The number of nitrogens with zero attached hydrogens (tertiary/aromatic N) is 5. The SMILES string of the molecule is Bc1cc(-c2cnn3cc(-c4ccc(N5[C@H](C)CNC[C@@H]5C)cc4)cnc23)c2ccccc2n1. The molecule has 6 rings (SSSR count). The number of para-hydroxylation sites is 1. The van der Waals surface area contributed by atoms with Crippen molar-refractivity contribution in [3.63, 3.8) is 0 Å². The minimum Gasteiger partial charge on any atom is -0.364 e. The number of fused-ring (bicyclic) bond motifs is 2. The number of pyridine rings is 1. The van der Waals surface area contributed by atoms with Gasteiger partial charge in [0.25, 0.3) is 0 Å². The van der Waals surface area contributed by atoms with Crippen LogP contribution in [0.3, 0.4) is 0 Å². The van der Waals surface area contributed by atoms with Gasteiger partial charge in [0.05, 0.1) is 11.7 Å². The van der Waals surface area contributed by atoms with Crippen molar-refractivity contribution in [2.45, 2.75) is 25.9 Å². The topological polar surface area (TPSA) is 58.4 Å². The number of hydrogen-bond acceptors (Lipinski definition) is 5. The number of rotatable bonds is 3. The van der Waals surface area contributed by atoms with Gasteiger partial charge in [0.2, 0.25) is 0 Å². The molecule has 1 aliphatic rings. The zero-order valence-corrected chi connectivity index (χ0v) is 19.7. The van der Waals surface area contributed by atoms with Crippen LogP contribution in [0.2, 0.25) is 0 Å². The van der Waals surface area contributed by atoms with Gasteiger partial charge in [-0.15, -0.1) is 0 Å². The Hall–Kier alpha value is -3.71. The maximum Gasteiger partial charge on any atom is 0.163 e. The van der Waals surface area contributed by atoms with Crippen LogP contribution in [-0.2, 0) is 0 Å². The Morgan fingerprint density at radius 2 is 1.68 bits per heavy atom. The molecule has 0 bridgehead atoms. The fraction of sp³-hybridized carbons (Fsp3) is 0.222. The molecule has 7 heteroatoms. The van der Waals surface area contributed by atoms with E-state index in [4.69, 9.17) is 4.98 Å². The normalized spacial score (nSPS) is 18.6. The van der Waals surface area contributed by atoms with Gasteiger partial charge >= 0.3 is 0 Å². The molecule has 4 heterocycles. The molecule has 5 aromatic rings. The quantitative estimate of drug-likeness (QED) is 0.432. The summed E-state index contributed by atoms with van der Waals surface area (Å²) in [7, 11) is 2.03. The van der Waals surface area contributed by atoms with Crippen LogP contribution in [0.4, 0.5) is 5.69 Å². The molecule has 0 unspecified atom stereocenters. The van der Waals surface area contributed by atoms with Crippen molar-refractivity contribution in [1.82, 2.24) is 24.9 Å². The molecular weight excluding hydrogens is 419 g/mol. The van der Waals surface area contributed by atoms with Crippen LogP contribution >= 0.6 is 0 Å². The third-order valence-corrected chi connectivity index (χ3v) is 6.82. The molecule has 0 amide bonds. The molecule has 3 aromatic heterocycles. The zero-order chi connectivity index (χ0) is 23.2. The summed E-state index contributed by atoms with van der Waals surface area (Å²) in [5.41, 5.74) is 8.40. The van der Waals surface area contributed by atoms with E-state index in [-0.39, 0.29) is 0 Å². The van der Waals surface area contributed by atoms with Crippen LogP contribution in [0.1, 0.15) is 13.8 Å². The van der Waals surface area contributed by atoms with Gasteiger partial charge in [-0.2, -0.15) is 5.10 Å². The maximum atomic E-state index is 4.83. The highest BCUT2D eigenvalue weighted by Gasteiger charge is 2.24. The lowest BCUT2D eigenvalue weighted by Crippen LogP contribution is -2.55. The van der Waals surface area contributed by atoms with Crippen LogP contribution in [-0.4, -0.2) is 52.6 Å². The first-order chi connectivity index (χ1) is 16.6. The minimum atomic E-state index is 0.475. The van der Waals surface area contributed by atoms with E-state index in [0.717, 1.165) is 57.5 Å². The molecule has 0 aliphatic carbocycles.